The quantitative estimate of drug-likeness (QED) is 0.749. The van der Waals surface area contributed by atoms with E-state index in [1.54, 1.807) is 7.11 Å². The largest absolute Gasteiger partial charge is 0.378 e. The average Bonchev–Trinajstić information content (AvgIpc) is 2.15. The van der Waals surface area contributed by atoms with Crippen molar-refractivity contribution in [3.8, 4) is 0 Å². The van der Waals surface area contributed by atoms with Crippen molar-refractivity contribution in [1.29, 1.82) is 0 Å². The first kappa shape index (κ1) is 8.73. The van der Waals surface area contributed by atoms with E-state index >= 15 is 0 Å². The molecule has 1 heterocycles. The van der Waals surface area contributed by atoms with E-state index in [1.807, 2.05) is 6.07 Å². The van der Waals surface area contributed by atoms with Crippen molar-refractivity contribution >= 4 is 0 Å². The molecule has 1 aromatic carbocycles. The predicted molar refractivity (Wildman–Crippen MR) is 52.7 cm³/mol. The highest BCUT2D eigenvalue weighted by atomic mass is 16.5. The lowest BCUT2D eigenvalue weighted by Crippen LogP contribution is -2.59. The fourth-order valence-corrected chi connectivity index (χ4v) is 1.70. The topological polar surface area (TPSA) is 21.3 Å². The van der Waals surface area contributed by atoms with Crippen molar-refractivity contribution in [1.82, 2.24) is 5.32 Å². The molecule has 0 radical (unpaired) electrons. The zero-order chi connectivity index (χ0) is 9.10. The summed E-state index contributed by atoms with van der Waals surface area (Å²) >= 11 is 0. The molecular formula is C11H15NO. The zero-order valence-electron chi connectivity index (χ0n) is 7.86. The molecule has 1 aliphatic rings. The summed E-state index contributed by atoms with van der Waals surface area (Å²) in [5.74, 6) is 0. The second kappa shape index (κ2) is 3.90. The monoisotopic (exact) mass is 177 g/mol. The Kier molecular flexibility index (Phi) is 2.62. The van der Waals surface area contributed by atoms with E-state index in [2.05, 4.69) is 29.6 Å². The maximum absolute atomic E-state index is 5.31. The Hall–Kier alpha value is -0.860. The zero-order valence-corrected chi connectivity index (χ0v) is 7.86. The lowest BCUT2D eigenvalue weighted by Gasteiger charge is -2.37. The number of benzene rings is 1. The van der Waals surface area contributed by atoms with E-state index in [4.69, 9.17) is 4.74 Å². The molecule has 0 saturated carbocycles. The summed E-state index contributed by atoms with van der Waals surface area (Å²) in [5, 5.41) is 3.37. The molecule has 1 fully saturated rings. The maximum atomic E-state index is 5.31. The molecule has 2 nitrogen and oxygen atoms in total. The first-order valence-corrected chi connectivity index (χ1v) is 4.70. The molecule has 0 aromatic heterocycles. The van der Waals surface area contributed by atoms with Gasteiger partial charge in [0.05, 0.1) is 6.10 Å². The molecular weight excluding hydrogens is 162 g/mol. The third-order valence-electron chi connectivity index (χ3n) is 2.63. The number of rotatable bonds is 3. The van der Waals surface area contributed by atoms with Crippen LogP contribution < -0.4 is 5.32 Å². The highest BCUT2D eigenvalue weighted by Crippen LogP contribution is 2.13. The molecule has 1 saturated heterocycles. The van der Waals surface area contributed by atoms with Crippen molar-refractivity contribution in [2.45, 2.75) is 18.6 Å². The van der Waals surface area contributed by atoms with Crippen LogP contribution >= 0.6 is 0 Å². The van der Waals surface area contributed by atoms with Crippen LogP contribution in [0.15, 0.2) is 30.3 Å². The van der Waals surface area contributed by atoms with Gasteiger partial charge >= 0.3 is 0 Å². The Labute approximate surface area is 78.9 Å². The number of methoxy groups -OCH3 is 1. The van der Waals surface area contributed by atoms with E-state index in [9.17, 15) is 0 Å². The third kappa shape index (κ3) is 1.90. The van der Waals surface area contributed by atoms with Gasteiger partial charge in [-0.1, -0.05) is 30.3 Å². The molecule has 0 spiro atoms. The Morgan fingerprint density at radius 1 is 1.38 bits per heavy atom. The minimum Gasteiger partial charge on any atom is -0.378 e. The SMILES string of the molecule is CO[C@@H]1CN[C@@H]1Cc1ccccc1. The van der Waals surface area contributed by atoms with Crippen molar-refractivity contribution < 1.29 is 4.74 Å². The van der Waals surface area contributed by atoms with Crippen LogP contribution in [0.2, 0.25) is 0 Å². The van der Waals surface area contributed by atoms with Crippen LogP contribution in [0.25, 0.3) is 0 Å². The first-order chi connectivity index (χ1) is 6.40. The minimum atomic E-state index is 0.403. The Bertz CT molecular complexity index is 258. The Morgan fingerprint density at radius 2 is 2.15 bits per heavy atom. The van der Waals surface area contributed by atoms with Gasteiger partial charge < -0.3 is 10.1 Å². The van der Waals surface area contributed by atoms with Gasteiger partial charge in [-0.15, -0.1) is 0 Å². The smallest absolute Gasteiger partial charge is 0.0851 e. The summed E-state index contributed by atoms with van der Waals surface area (Å²) < 4.78 is 5.31. The molecule has 70 valence electrons. The molecule has 2 rings (SSSR count). The maximum Gasteiger partial charge on any atom is 0.0851 e. The second-order valence-corrected chi connectivity index (χ2v) is 3.48. The van der Waals surface area contributed by atoms with Gasteiger partial charge in [0.15, 0.2) is 0 Å². The molecule has 0 unspecified atom stereocenters. The normalized spacial score (nSPS) is 26.8. The van der Waals surface area contributed by atoms with Crippen LogP contribution in [0.3, 0.4) is 0 Å². The third-order valence-corrected chi connectivity index (χ3v) is 2.63. The van der Waals surface area contributed by atoms with Crippen molar-refractivity contribution in [3.05, 3.63) is 35.9 Å². The van der Waals surface area contributed by atoms with Crippen molar-refractivity contribution in [2.75, 3.05) is 13.7 Å². The summed E-state index contributed by atoms with van der Waals surface area (Å²) in [7, 11) is 1.78. The van der Waals surface area contributed by atoms with Crippen LogP contribution in [-0.2, 0) is 11.2 Å². The van der Waals surface area contributed by atoms with Crippen LogP contribution in [0.4, 0.5) is 0 Å². The van der Waals surface area contributed by atoms with E-state index in [0.29, 0.717) is 12.1 Å². The summed E-state index contributed by atoms with van der Waals surface area (Å²) in [6, 6.07) is 11.0. The van der Waals surface area contributed by atoms with Gasteiger partial charge in [-0.3, -0.25) is 0 Å². The first-order valence-electron chi connectivity index (χ1n) is 4.70. The predicted octanol–water partition coefficient (Wildman–Crippen LogP) is 1.22. The molecule has 2 heteroatoms. The Balaban J connectivity index is 1.92. The molecule has 0 bridgehead atoms. The summed E-state index contributed by atoms with van der Waals surface area (Å²) in [5.41, 5.74) is 1.38. The van der Waals surface area contributed by atoms with Gasteiger partial charge in [-0.05, 0) is 12.0 Å². The number of hydrogen-bond acceptors (Lipinski definition) is 2. The van der Waals surface area contributed by atoms with Gasteiger partial charge in [-0.2, -0.15) is 0 Å². The fraction of sp³-hybridized carbons (Fsp3) is 0.455. The van der Waals surface area contributed by atoms with Gasteiger partial charge in [0.1, 0.15) is 0 Å². The number of ether oxygens (including phenoxy) is 1. The van der Waals surface area contributed by atoms with E-state index in [1.165, 1.54) is 5.56 Å². The fourth-order valence-electron chi connectivity index (χ4n) is 1.70. The minimum absolute atomic E-state index is 0.403. The second-order valence-electron chi connectivity index (χ2n) is 3.48. The molecule has 1 aromatic rings. The van der Waals surface area contributed by atoms with E-state index in [0.717, 1.165) is 13.0 Å². The molecule has 0 aliphatic carbocycles. The van der Waals surface area contributed by atoms with Gasteiger partial charge in [-0.25, -0.2) is 0 Å². The van der Waals surface area contributed by atoms with Crippen LogP contribution in [0, 0.1) is 0 Å². The van der Waals surface area contributed by atoms with Crippen LogP contribution in [0.5, 0.6) is 0 Å². The number of nitrogens with one attached hydrogen (secondary N) is 1. The standard InChI is InChI=1S/C11H15NO/c1-13-11-8-12-10(11)7-9-5-3-2-4-6-9/h2-6,10-12H,7-8H2,1H3/t10-,11-/m1/s1. The summed E-state index contributed by atoms with van der Waals surface area (Å²) in [6.07, 6.45) is 1.47. The highest BCUT2D eigenvalue weighted by molar-refractivity contribution is 5.17. The lowest BCUT2D eigenvalue weighted by atomic mass is 9.95. The molecule has 13 heavy (non-hydrogen) atoms. The van der Waals surface area contributed by atoms with Gasteiger partial charge in [0.2, 0.25) is 0 Å². The summed E-state index contributed by atoms with van der Waals surface area (Å²) in [6.45, 7) is 0.994. The van der Waals surface area contributed by atoms with Crippen molar-refractivity contribution in [3.63, 3.8) is 0 Å². The van der Waals surface area contributed by atoms with Crippen LogP contribution in [0.1, 0.15) is 5.56 Å². The summed E-state index contributed by atoms with van der Waals surface area (Å²) in [4.78, 5) is 0. The van der Waals surface area contributed by atoms with Gasteiger partial charge in [0.25, 0.3) is 0 Å². The molecule has 0 amide bonds. The average molecular weight is 177 g/mol. The molecule has 1 aliphatic heterocycles. The highest BCUT2D eigenvalue weighted by Gasteiger charge is 2.29. The lowest BCUT2D eigenvalue weighted by molar-refractivity contribution is 0.0163. The number of hydrogen-bond donors (Lipinski definition) is 1. The van der Waals surface area contributed by atoms with E-state index < -0.39 is 0 Å². The molecule has 2 atom stereocenters. The van der Waals surface area contributed by atoms with Crippen molar-refractivity contribution in [2.24, 2.45) is 0 Å². The van der Waals surface area contributed by atoms with Gasteiger partial charge in [0, 0.05) is 19.7 Å². The van der Waals surface area contributed by atoms with Crippen LogP contribution in [-0.4, -0.2) is 25.8 Å². The van der Waals surface area contributed by atoms with E-state index in [-0.39, 0.29) is 0 Å². The molecule has 1 N–H and O–H groups in total. The Morgan fingerprint density at radius 3 is 2.69 bits per heavy atom.